The van der Waals surface area contributed by atoms with Crippen LogP contribution >= 0.6 is 0 Å². The van der Waals surface area contributed by atoms with E-state index in [-0.39, 0.29) is 0 Å². The number of hydrogen-bond acceptors (Lipinski definition) is 5. The van der Waals surface area contributed by atoms with Crippen LogP contribution in [0.15, 0.2) is 6.33 Å². The average Bonchev–Trinajstić information content (AvgIpc) is 2.90. The highest BCUT2D eigenvalue weighted by Crippen LogP contribution is 2.28. The third-order valence-corrected chi connectivity index (χ3v) is 3.87. The van der Waals surface area contributed by atoms with Gasteiger partial charge in [-0.2, -0.15) is 0 Å². The Morgan fingerprint density at radius 1 is 1.25 bits per heavy atom. The molecule has 2 unspecified atom stereocenters. The van der Waals surface area contributed by atoms with Gasteiger partial charge in [-0.15, -0.1) is 0 Å². The van der Waals surface area contributed by atoms with E-state index in [1.807, 2.05) is 0 Å². The molecule has 5 nitrogen and oxygen atoms in total. The first kappa shape index (κ1) is 15.0. The van der Waals surface area contributed by atoms with E-state index in [0.29, 0.717) is 12.1 Å². The average molecular weight is 278 g/mol. The maximum Gasteiger partial charge on any atom is 0.135 e. The first-order valence-electron chi connectivity index (χ1n) is 7.67. The lowest BCUT2D eigenvalue weighted by Crippen LogP contribution is -2.30. The van der Waals surface area contributed by atoms with Crippen LogP contribution in [0, 0.1) is 0 Å². The monoisotopic (exact) mass is 278 g/mol. The molecule has 1 saturated carbocycles. The van der Waals surface area contributed by atoms with Gasteiger partial charge >= 0.3 is 0 Å². The van der Waals surface area contributed by atoms with Crippen LogP contribution in [-0.2, 0) is 11.2 Å². The smallest absolute Gasteiger partial charge is 0.135 e. The maximum absolute atomic E-state index is 5.55. The lowest BCUT2D eigenvalue weighted by Gasteiger charge is -2.22. The van der Waals surface area contributed by atoms with Gasteiger partial charge in [-0.05, 0) is 32.6 Å². The first-order chi connectivity index (χ1) is 9.80. The van der Waals surface area contributed by atoms with Crippen molar-refractivity contribution in [1.82, 2.24) is 9.97 Å². The van der Waals surface area contributed by atoms with Crippen molar-refractivity contribution in [3.8, 4) is 0 Å². The zero-order valence-electron chi connectivity index (χ0n) is 12.8. The molecule has 0 amide bonds. The van der Waals surface area contributed by atoms with E-state index >= 15 is 0 Å². The Kier molecular flexibility index (Phi) is 5.59. The molecule has 20 heavy (non-hydrogen) atoms. The second-order valence-corrected chi connectivity index (χ2v) is 5.29. The molecule has 0 spiro atoms. The van der Waals surface area contributed by atoms with Crippen LogP contribution in [0.4, 0.5) is 11.6 Å². The lowest BCUT2D eigenvalue weighted by atomic mass is 10.1. The van der Waals surface area contributed by atoms with Crippen molar-refractivity contribution in [2.75, 3.05) is 24.3 Å². The Hall–Kier alpha value is -1.36. The highest BCUT2D eigenvalue weighted by atomic mass is 16.5. The summed E-state index contributed by atoms with van der Waals surface area (Å²) in [6.45, 7) is 5.14. The van der Waals surface area contributed by atoms with Gasteiger partial charge < -0.3 is 15.4 Å². The van der Waals surface area contributed by atoms with Crippen LogP contribution in [0.25, 0.3) is 0 Å². The molecule has 2 atom stereocenters. The summed E-state index contributed by atoms with van der Waals surface area (Å²) < 4.78 is 5.55. The molecule has 1 fully saturated rings. The Balaban J connectivity index is 2.19. The quantitative estimate of drug-likeness (QED) is 0.803. The van der Waals surface area contributed by atoms with E-state index in [0.717, 1.165) is 43.9 Å². The molecular weight excluding hydrogens is 252 g/mol. The summed E-state index contributed by atoms with van der Waals surface area (Å²) in [5, 5.41) is 6.91. The number of methoxy groups -OCH3 is 1. The molecule has 0 bridgehead atoms. The summed E-state index contributed by atoms with van der Waals surface area (Å²) in [6, 6.07) is 0.361. The van der Waals surface area contributed by atoms with Crippen LogP contribution in [0.3, 0.4) is 0 Å². The standard InChI is InChI=1S/C15H26N4O/c1-4-7-11-14(16-5-2)17-10-18-15(11)19-12-8-6-9-13(12)20-3/h10,12-13H,4-9H2,1-3H3,(H2,16,17,18,19). The molecule has 2 N–H and O–H groups in total. The van der Waals surface area contributed by atoms with Crippen molar-refractivity contribution < 1.29 is 4.74 Å². The molecule has 0 radical (unpaired) electrons. The lowest BCUT2D eigenvalue weighted by molar-refractivity contribution is 0.101. The third kappa shape index (κ3) is 3.39. The minimum atomic E-state index is 0.294. The van der Waals surface area contributed by atoms with Crippen molar-refractivity contribution in [3.63, 3.8) is 0 Å². The van der Waals surface area contributed by atoms with Crippen LogP contribution in [0.1, 0.15) is 45.1 Å². The van der Waals surface area contributed by atoms with Crippen molar-refractivity contribution in [2.24, 2.45) is 0 Å². The maximum atomic E-state index is 5.55. The normalized spacial score (nSPS) is 21.9. The predicted octanol–water partition coefficient (Wildman–Crippen LogP) is 2.84. The summed E-state index contributed by atoms with van der Waals surface area (Å²) >= 11 is 0. The summed E-state index contributed by atoms with van der Waals surface area (Å²) in [5.74, 6) is 1.92. The second kappa shape index (κ2) is 7.43. The molecule has 1 aliphatic rings. The van der Waals surface area contributed by atoms with Crippen LogP contribution < -0.4 is 10.6 Å². The van der Waals surface area contributed by atoms with Gasteiger partial charge in [0, 0.05) is 19.2 Å². The molecule has 1 aromatic rings. The Morgan fingerprint density at radius 3 is 2.75 bits per heavy atom. The molecule has 5 heteroatoms. The number of nitrogens with zero attached hydrogens (tertiary/aromatic N) is 2. The van der Waals surface area contributed by atoms with Gasteiger partial charge in [-0.25, -0.2) is 9.97 Å². The fourth-order valence-electron chi connectivity index (χ4n) is 2.89. The number of anilines is 2. The third-order valence-electron chi connectivity index (χ3n) is 3.87. The molecular formula is C15H26N4O. The number of nitrogens with one attached hydrogen (secondary N) is 2. The summed E-state index contributed by atoms with van der Waals surface area (Å²) in [5.41, 5.74) is 1.19. The zero-order chi connectivity index (χ0) is 14.4. The van der Waals surface area contributed by atoms with E-state index in [2.05, 4.69) is 34.4 Å². The topological polar surface area (TPSA) is 59.1 Å². The van der Waals surface area contributed by atoms with Gasteiger partial charge in [-0.3, -0.25) is 0 Å². The Labute approximate surface area is 121 Å². The molecule has 0 aromatic carbocycles. The van der Waals surface area contributed by atoms with E-state index in [1.54, 1.807) is 13.4 Å². The van der Waals surface area contributed by atoms with Crippen molar-refractivity contribution >= 4 is 11.6 Å². The molecule has 1 aromatic heterocycles. The first-order valence-corrected chi connectivity index (χ1v) is 7.67. The molecule has 0 saturated heterocycles. The zero-order valence-corrected chi connectivity index (χ0v) is 12.8. The highest BCUT2D eigenvalue weighted by Gasteiger charge is 2.28. The summed E-state index contributed by atoms with van der Waals surface area (Å²) in [7, 11) is 1.79. The van der Waals surface area contributed by atoms with E-state index in [9.17, 15) is 0 Å². The number of rotatable bonds is 7. The number of aromatic nitrogens is 2. The van der Waals surface area contributed by atoms with Gasteiger partial charge in [0.05, 0.1) is 12.1 Å². The molecule has 2 rings (SSSR count). The summed E-state index contributed by atoms with van der Waals surface area (Å²) in [6.07, 6.45) is 7.48. The second-order valence-electron chi connectivity index (χ2n) is 5.29. The van der Waals surface area contributed by atoms with Gasteiger partial charge in [-0.1, -0.05) is 13.3 Å². The van der Waals surface area contributed by atoms with E-state index in [4.69, 9.17) is 4.74 Å². The molecule has 112 valence electrons. The van der Waals surface area contributed by atoms with Gasteiger partial charge in [0.25, 0.3) is 0 Å². The van der Waals surface area contributed by atoms with E-state index < -0.39 is 0 Å². The van der Waals surface area contributed by atoms with Crippen molar-refractivity contribution in [1.29, 1.82) is 0 Å². The van der Waals surface area contributed by atoms with Gasteiger partial charge in [0.2, 0.25) is 0 Å². The fraction of sp³-hybridized carbons (Fsp3) is 0.733. The van der Waals surface area contributed by atoms with Crippen molar-refractivity contribution in [3.05, 3.63) is 11.9 Å². The Morgan fingerprint density at radius 2 is 2.05 bits per heavy atom. The highest BCUT2D eigenvalue weighted by molar-refractivity contribution is 5.58. The van der Waals surface area contributed by atoms with E-state index in [1.165, 1.54) is 12.0 Å². The van der Waals surface area contributed by atoms with Crippen LogP contribution in [0.2, 0.25) is 0 Å². The van der Waals surface area contributed by atoms with Crippen molar-refractivity contribution in [2.45, 2.75) is 58.1 Å². The number of hydrogen-bond donors (Lipinski definition) is 2. The predicted molar refractivity (Wildman–Crippen MR) is 82.2 cm³/mol. The minimum Gasteiger partial charge on any atom is -0.379 e. The number of ether oxygens (including phenoxy) is 1. The van der Waals surface area contributed by atoms with Crippen LogP contribution in [-0.4, -0.2) is 35.8 Å². The minimum absolute atomic E-state index is 0.294. The van der Waals surface area contributed by atoms with Gasteiger partial charge in [0.15, 0.2) is 0 Å². The largest absolute Gasteiger partial charge is 0.379 e. The molecule has 0 aliphatic heterocycles. The molecule has 1 aliphatic carbocycles. The SMILES string of the molecule is CCCc1c(NCC)ncnc1NC1CCCC1OC. The molecule has 1 heterocycles. The Bertz CT molecular complexity index is 424. The summed E-state index contributed by atoms with van der Waals surface area (Å²) in [4.78, 5) is 8.82. The van der Waals surface area contributed by atoms with Gasteiger partial charge in [0.1, 0.15) is 18.0 Å². The van der Waals surface area contributed by atoms with Crippen LogP contribution in [0.5, 0.6) is 0 Å². The fourth-order valence-corrected chi connectivity index (χ4v) is 2.89.